The number of rotatable bonds is 33. The third-order valence-electron chi connectivity index (χ3n) is 15.6. The lowest BCUT2D eigenvalue weighted by atomic mass is 9.81. The third-order valence-corrected chi connectivity index (χ3v) is 15.6. The second kappa shape index (κ2) is 32.0. The van der Waals surface area contributed by atoms with E-state index in [1.807, 2.05) is 0 Å². The summed E-state index contributed by atoms with van der Waals surface area (Å²) in [6, 6.07) is 3.61. The number of aliphatic carboxylic acids is 1. The van der Waals surface area contributed by atoms with Gasteiger partial charge in [0.15, 0.2) is 5.60 Å². The van der Waals surface area contributed by atoms with Crippen molar-refractivity contribution in [1.82, 2.24) is 46.8 Å². The Morgan fingerprint density at radius 3 is 2.26 bits per heavy atom. The summed E-state index contributed by atoms with van der Waals surface area (Å²) in [6.07, 6.45) is -1.06. The highest BCUT2D eigenvalue weighted by Crippen LogP contribution is 2.46. The molecule has 2 aliphatic heterocycles. The molecule has 0 radical (unpaired) electrons. The number of aryl methyl sites for hydroxylation is 1. The predicted octanol–water partition coefficient (Wildman–Crippen LogP) is 0.392. The Bertz CT molecular complexity index is 3470. The first-order valence-corrected chi connectivity index (χ1v) is 29.7. The second-order valence-corrected chi connectivity index (χ2v) is 22.2. The lowest BCUT2D eigenvalue weighted by Gasteiger charge is -2.31. The number of cyclic esters (lactones) is 1. The van der Waals surface area contributed by atoms with Crippen molar-refractivity contribution < 1.29 is 86.2 Å². The molecule has 1 aliphatic carbocycles. The summed E-state index contributed by atoms with van der Waals surface area (Å²) in [6.45, 7) is 5.64. The molecule has 9 amide bonds. The molecular formula is C60H77FN12O18. The standard InChI is InChI=1S/C60H77FN12O18/c1-5-60(86)38-23-44-52-36(26-73(44)56(82)37(38)28-90-57(60)83)50-40(13-12-35-32(4)39(61)24-43(70-52)49(35)50)68-47(76)29-89-30-66-46(75)25-65-59(85)91-27-33-8-10-34(11-9-33)67-53(79)41(7-6-18-64-58(63)84)71-55(81)51(31(2)3)72-54(80)42(14-15-48(77)78)69-45(74)16-19-87-21-22-88-20-17-62/h8-11,23-24,31,40-42,51,86H,5-7,12-22,25-30,62H2,1-4H3,(H,65,85)(H,66,75)(H,67,79)(H,68,76)(H,69,74)(H,71,81)(H,72,80)(H,77,78)(H3,63,64,84)/t40-,41-,42+,51?,60-/m0/s1. The summed E-state index contributed by atoms with van der Waals surface area (Å²) in [5, 5.41) is 41.9. The Balaban J connectivity index is 0.867. The Hall–Kier alpha value is -9.17. The lowest BCUT2D eigenvalue weighted by Crippen LogP contribution is -2.58. The van der Waals surface area contributed by atoms with E-state index in [4.69, 9.17) is 40.1 Å². The van der Waals surface area contributed by atoms with E-state index in [2.05, 4.69) is 42.5 Å². The van der Waals surface area contributed by atoms with Crippen molar-refractivity contribution in [2.75, 3.05) is 64.7 Å². The first-order valence-electron chi connectivity index (χ1n) is 29.7. The second-order valence-electron chi connectivity index (χ2n) is 22.2. The number of carbonyl (C=O) groups is 10. The van der Waals surface area contributed by atoms with Crippen LogP contribution in [0.1, 0.15) is 111 Å². The molecule has 1 unspecified atom stereocenters. The van der Waals surface area contributed by atoms with Gasteiger partial charge in [-0.2, -0.15) is 0 Å². The number of ether oxygens (including phenoxy) is 5. The number of anilines is 1. The van der Waals surface area contributed by atoms with Gasteiger partial charge in [-0.1, -0.05) is 32.9 Å². The minimum absolute atomic E-state index is 0.0130. The van der Waals surface area contributed by atoms with Gasteiger partial charge in [0, 0.05) is 54.2 Å². The van der Waals surface area contributed by atoms with Gasteiger partial charge in [-0.3, -0.25) is 38.4 Å². The van der Waals surface area contributed by atoms with E-state index in [1.54, 1.807) is 33.8 Å². The van der Waals surface area contributed by atoms with Crippen molar-refractivity contribution in [3.63, 3.8) is 0 Å². The number of pyridine rings is 2. The zero-order valence-electron chi connectivity index (χ0n) is 50.8. The van der Waals surface area contributed by atoms with Gasteiger partial charge in [0.05, 0.1) is 61.5 Å². The molecule has 2 aromatic heterocycles. The molecule has 4 heterocycles. The maximum Gasteiger partial charge on any atom is 0.407 e. The van der Waals surface area contributed by atoms with Gasteiger partial charge < -0.3 is 92.5 Å². The fourth-order valence-corrected chi connectivity index (χ4v) is 10.7. The number of amides is 9. The van der Waals surface area contributed by atoms with Crippen LogP contribution in [0, 0.1) is 18.7 Å². The number of urea groups is 1. The molecule has 31 heteroatoms. The third kappa shape index (κ3) is 17.8. The van der Waals surface area contributed by atoms with Crippen molar-refractivity contribution in [1.29, 1.82) is 0 Å². The minimum atomic E-state index is -2.06. The molecule has 5 atom stereocenters. The summed E-state index contributed by atoms with van der Waals surface area (Å²) >= 11 is 0. The van der Waals surface area contributed by atoms with Crippen molar-refractivity contribution in [2.24, 2.45) is 17.4 Å². The summed E-state index contributed by atoms with van der Waals surface area (Å²) < 4.78 is 43.3. The maximum absolute atomic E-state index is 15.4. The number of aromatic nitrogens is 2. The molecule has 0 saturated carbocycles. The number of nitrogens with two attached hydrogens (primary N) is 2. The van der Waals surface area contributed by atoms with Crippen LogP contribution in [0.25, 0.3) is 22.3 Å². The molecule has 0 saturated heterocycles. The summed E-state index contributed by atoms with van der Waals surface area (Å²) in [4.78, 5) is 147. The van der Waals surface area contributed by atoms with E-state index in [0.29, 0.717) is 76.1 Å². The van der Waals surface area contributed by atoms with Gasteiger partial charge in [0.25, 0.3) is 5.56 Å². The Morgan fingerprint density at radius 1 is 0.846 bits per heavy atom. The smallest absolute Gasteiger partial charge is 0.407 e. The molecule has 2 aromatic carbocycles. The number of primary amides is 1. The molecule has 14 N–H and O–H groups in total. The molecule has 4 aromatic rings. The molecule has 492 valence electrons. The van der Waals surface area contributed by atoms with Gasteiger partial charge in [0.1, 0.15) is 57.0 Å². The predicted molar refractivity (Wildman–Crippen MR) is 320 cm³/mol. The van der Waals surface area contributed by atoms with Crippen molar-refractivity contribution in [3.8, 4) is 11.4 Å². The number of hydrogen-bond donors (Lipinski definition) is 12. The number of nitrogens with zero attached hydrogens (tertiary/aromatic N) is 2. The van der Waals surface area contributed by atoms with Crippen LogP contribution in [0.15, 0.2) is 41.2 Å². The van der Waals surface area contributed by atoms with E-state index < -0.39 is 133 Å². The van der Waals surface area contributed by atoms with Crippen LogP contribution >= 0.6 is 0 Å². The van der Waals surface area contributed by atoms with Gasteiger partial charge in [-0.25, -0.2) is 23.8 Å². The van der Waals surface area contributed by atoms with Crippen LogP contribution in [0.3, 0.4) is 0 Å². The summed E-state index contributed by atoms with van der Waals surface area (Å²) in [5.41, 5.74) is 12.4. The average molecular weight is 1270 g/mol. The van der Waals surface area contributed by atoms with E-state index >= 15 is 4.39 Å². The monoisotopic (exact) mass is 1270 g/mol. The molecule has 0 bridgehead atoms. The number of nitrogens with one attached hydrogen (secondary N) is 8. The SMILES string of the molecule is CC[C@@]1(O)C(=O)OCc2c1cc1n(c2=O)Cc2c-1nc1cc(F)c(C)c3c1c2[C@@H](NC(=O)COCNC(=O)CNC(=O)OCc1ccc(NC(=O)[C@H](CCCNC(N)=O)NC(=O)C(NC(=O)[C@@H](CCC(=O)O)NC(=O)CCOCCOCCN)C(C)C)cc1)CC3. The molecule has 91 heavy (non-hydrogen) atoms. The largest absolute Gasteiger partial charge is 0.481 e. The first-order chi connectivity index (χ1) is 43.4. The van der Waals surface area contributed by atoms with Crippen molar-refractivity contribution in [2.45, 2.75) is 129 Å². The highest BCUT2D eigenvalue weighted by atomic mass is 19.1. The number of benzene rings is 2. The number of hydrogen-bond acceptors (Lipinski definition) is 19. The van der Waals surface area contributed by atoms with Gasteiger partial charge in [-0.05, 0) is 91.8 Å². The van der Waals surface area contributed by atoms with Crippen LogP contribution in [0.4, 0.5) is 19.7 Å². The normalized spacial score (nSPS) is 16.2. The van der Waals surface area contributed by atoms with Crippen LogP contribution in [-0.4, -0.2) is 157 Å². The Morgan fingerprint density at radius 2 is 1.57 bits per heavy atom. The molecular weight excluding hydrogens is 1200 g/mol. The van der Waals surface area contributed by atoms with Crippen LogP contribution in [0.2, 0.25) is 0 Å². The fourth-order valence-electron chi connectivity index (χ4n) is 10.7. The number of halogens is 1. The average Bonchev–Trinajstić information content (AvgIpc) is 1.64. The zero-order valence-corrected chi connectivity index (χ0v) is 50.8. The first kappa shape index (κ1) is 69.3. The summed E-state index contributed by atoms with van der Waals surface area (Å²) in [7, 11) is 0. The topological polar surface area (TPSA) is 440 Å². The number of carboxylic acid groups (broad SMARTS) is 1. The minimum Gasteiger partial charge on any atom is -0.481 e. The maximum atomic E-state index is 15.4. The van der Waals surface area contributed by atoms with Crippen LogP contribution in [-0.2, 0) is 93.8 Å². The molecule has 7 rings (SSSR count). The number of carbonyl (C=O) groups excluding carboxylic acids is 9. The highest BCUT2D eigenvalue weighted by molar-refractivity contribution is 5.99. The van der Waals surface area contributed by atoms with E-state index in [9.17, 15) is 63.0 Å². The molecule has 3 aliphatic rings. The van der Waals surface area contributed by atoms with Gasteiger partial charge >= 0.3 is 24.1 Å². The lowest BCUT2D eigenvalue weighted by molar-refractivity contribution is -0.172. The molecule has 0 fully saturated rings. The summed E-state index contributed by atoms with van der Waals surface area (Å²) in [5.74, 6) is -7.32. The highest BCUT2D eigenvalue weighted by Gasteiger charge is 2.46. The number of esters is 1. The fraction of sp³-hybridized carbons (Fsp3) is 0.500. The van der Waals surface area contributed by atoms with Gasteiger partial charge in [-0.15, -0.1) is 0 Å². The number of carboxylic acids is 1. The number of aliphatic hydroxyl groups is 1. The van der Waals surface area contributed by atoms with Crippen LogP contribution in [0.5, 0.6) is 0 Å². The number of alkyl carbamates (subject to hydrolysis) is 1. The van der Waals surface area contributed by atoms with E-state index in [1.165, 1.54) is 34.9 Å². The van der Waals surface area contributed by atoms with Gasteiger partial charge in [0.2, 0.25) is 35.4 Å². The molecule has 0 spiro atoms. The Labute approximate surface area is 521 Å². The van der Waals surface area contributed by atoms with Crippen molar-refractivity contribution >= 4 is 76.1 Å². The molecule has 30 nitrogen and oxygen atoms in total. The van der Waals surface area contributed by atoms with E-state index in [0.717, 1.165) is 0 Å². The quantitative estimate of drug-likeness (QED) is 0.0154. The Kier molecular flexibility index (Phi) is 24.4. The number of fused-ring (bicyclic) bond motifs is 5. The van der Waals surface area contributed by atoms with Crippen LogP contribution < -0.4 is 59.6 Å². The van der Waals surface area contributed by atoms with E-state index in [-0.39, 0.29) is 95.0 Å². The van der Waals surface area contributed by atoms with Crippen molar-refractivity contribution in [3.05, 3.63) is 91.5 Å². The zero-order chi connectivity index (χ0) is 66.1.